The largest absolute Gasteiger partial charge is 0.497 e. The van der Waals surface area contributed by atoms with Gasteiger partial charge in [0.25, 0.3) is 0 Å². The molecule has 4 aromatic rings. The van der Waals surface area contributed by atoms with Gasteiger partial charge in [-0.3, -0.25) is 0 Å². The Balaban J connectivity index is 1.64. The van der Waals surface area contributed by atoms with Crippen molar-refractivity contribution in [2.75, 3.05) is 25.7 Å². The number of halogens is 1. The number of esters is 1. The Morgan fingerprint density at radius 2 is 1.79 bits per heavy atom. The molecule has 0 unspecified atom stereocenters. The first-order valence-electron chi connectivity index (χ1n) is 10.6. The van der Waals surface area contributed by atoms with Gasteiger partial charge in [-0.2, -0.15) is 0 Å². The second-order valence-corrected chi connectivity index (χ2v) is 8.08. The summed E-state index contributed by atoms with van der Waals surface area (Å²) in [5.41, 5.74) is 2.92. The lowest BCUT2D eigenvalue weighted by atomic mass is 10.1. The fourth-order valence-electron chi connectivity index (χ4n) is 3.64. The van der Waals surface area contributed by atoms with E-state index in [-0.39, 0.29) is 12.3 Å². The Morgan fingerprint density at radius 3 is 2.52 bits per heavy atom. The van der Waals surface area contributed by atoms with Crippen molar-refractivity contribution < 1.29 is 14.3 Å². The first-order valence-corrected chi connectivity index (χ1v) is 11.0. The predicted molar refractivity (Wildman–Crippen MR) is 129 cm³/mol. The molecule has 0 fully saturated rings. The molecule has 1 aromatic heterocycles. The van der Waals surface area contributed by atoms with Crippen molar-refractivity contribution >= 4 is 34.0 Å². The fourth-order valence-corrected chi connectivity index (χ4v) is 3.82. The van der Waals surface area contributed by atoms with E-state index in [1.54, 1.807) is 18.7 Å². The van der Waals surface area contributed by atoms with E-state index in [2.05, 4.69) is 21.3 Å². The Labute approximate surface area is 197 Å². The zero-order chi connectivity index (χ0) is 23.4. The van der Waals surface area contributed by atoms with Crippen LogP contribution in [0.3, 0.4) is 0 Å². The van der Waals surface area contributed by atoms with Gasteiger partial charge in [0.1, 0.15) is 5.75 Å². The van der Waals surface area contributed by atoms with Gasteiger partial charge in [-0.05, 0) is 59.7 Å². The molecule has 8 heteroatoms. The Morgan fingerprint density at radius 1 is 1.06 bits per heavy atom. The Bertz CT molecular complexity index is 1270. The van der Waals surface area contributed by atoms with Gasteiger partial charge in [0.05, 0.1) is 32.5 Å². The molecule has 3 aromatic carbocycles. The van der Waals surface area contributed by atoms with E-state index >= 15 is 0 Å². The summed E-state index contributed by atoms with van der Waals surface area (Å²) >= 11 is 6.11. The normalized spacial score (nSPS) is 10.9. The average Bonchev–Trinajstić information content (AvgIpc) is 3.21. The van der Waals surface area contributed by atoms with Gasteiger partial charge >= 0.3 is 5.97 Å². The molecule has 0 aliphatic carbocycles. The van der Waals surface area contributed by atoms with E-state index in [4.69, 9.17) is 21.1 Å². The van der Waals surface area contributed by atoms with Crippen LogP contribution in [0.5, 0.6) is 5.75 Å². The molecule has 7 nitrogen and oxygen atoms in total. The SMILES string of the molecule is CCOC(=O)c1nnn(Cc2ccc(OC)cc2)c1CN(C)c1ccc2cc(Cl)ccc2c1. The number of carbonyl (C=O) groups excluding carboxylic acids is 1. The second-order valence-electron chi connectivity index (χ2n) is 7.64. The first kappa shape index (κ1) is 22.6. The van der Waals surface area contributed by atoms with Crippen LogP contribution in [0.15, 0.2) is 60.7 Å². The number of ether oxygens (including phenoxy) is 2. The van der Waals surface area contributed by atoms with Gasteiger partial charge in [0.2, 0.25) is 0 Å². The van der Waals surface area contributed by atoms with Crippen LogP contribution in [-0.2, 0) is 17.8 Å². The number of nitrogens with zero attached hydrogens (tertiary/aromatic N) is 4. The third-order valence-electron chi connectivity index (χ3n) is 5.41. The molecular weight excluding hydrogens is 440 g/mol. The van der Waals surface area contributed by atoms with E-state index in [0.29, 0.717) is 23.8 Å². The van der Waals surface area contributed by atoms with Gasteiger partial charge in [-0.1, -0.05) is 41.1 Å². The monoisotopic (exact) mass is 464 g/mol. The quantitative estimate of drug-likeness (QED) is 0.343. The van der Waals surface area contributed by atoms with Crippen LogP contribution in [0.25, 0.3) is 10.8 Å². The average molecular weight is 465 g/mol. The van der Waals surface area contributed by atoms with Gasteiger partial charge in [0.15, 0.2) is 5.69 Å². The van der Waals surface area contributed by atoms with E-state index in [1.807, 2.05) is 61.6 Å². The maximum Gasteiger partial charge on any atom is 0.360 e. The lowest BCUT2D eigenvalue weighted by molar-refractivity contribution is 0.0518. The molecule has 170 valence electrons. The lowest BCUT2D eigenvalue weighted by Crippen LogP contribution is -2.22. The molecular formula is C25H25ClN4O3. The van der Waals surface area contributed by atoms with E-state index < -0.39 is 5.97 Å². The minimum absolute atomic E-state index is 0.227. The predicted octanol–water partition coefficient (Wildman–Crippen LogP) is 4.95. The minimum atomic E-state index is -0.477. The van der Waals surface area contributed by atoms with Crippen molar-refractivity contribution in [1.29, 1.82) is 0 Å². The summed E-state index contributed by atoms with van der Waals surface area (Å²) in [5, 5.41) is 11.3. The van der Waals surface area contributed by atoms with Crippen LogP contribution in [0.2, 0.25) is 5.02 Å². The number of carbonyl (C=O) groups is 1. The molecule has 0 saturated heterocycles. The molecule has 0 aliphatic rings. The maximum atomic E-state index is 12.6. The van der Waals surface area contributed by atoms with Crippen LogP contribution in [0.4, 0.5) is 5.69 Å². The van der Waals surface area contributed by atoms with Crippen molar-refractivity contribution in [3.63, 3.8) is 0 Å². The standard InChI is InChI=1S/C25H25ClN4O3/c1-4-33-25(31)24-23(30(28-27-24)15-17-5-11-22(32-3)12-6-17)16-29(2)21-10-8-18-13-20(26)9-7-19(18)14-21/h5-14H,4,15-16H2,1-3H3. The molecule has 0 atom stereocenters. The van der Waals surface area contributed by atoms with Crippen LogP contribution in [-0.4, -0.2) is 41.7 Å². The smallest absolute Gasteiger partial charge is 0.360 e. The van der Waals surface area contributed by atoms with Gasteiger partial charge in [-0.15, -0.1) is 5.10 Å². The van der Waals surface area contributed by atoms with Crippen molar-refractivity contribution in [2.45, 2.75) is 20.0 Å². The molecule has 0 amide bonds. The van der Waals surface area contributed by atoms with Crippen molar-refractivity contribution in [3.05, 3.63) is 82.6 Å². The summed E-state index contributed by atoms with van der Waals surface area (Å²) in [6.07, 6.45) is 0. The Kier molecular flexibility index (Phi) is 6.79. The number of benzene rings is 3. The molecule has 0 bridgehead atoms. The summed E-state index contributed by atoms with van der Waals surface area (Å²) in [4.78, 5) is 14.6. The van der Waals surface area contributed by atoms with Gasteiger partial charge in [-0.25, -0.2) is 9.48 Å². The third-order valence-corrected chi connectivity index (χ3v) is 5.65. The number of fused-ring (bicyclic) bond motifs is 1. The highest BCUT2D eigenvalue weighted by atomic mass is 35.5. The lowest BCUT2D eigenvalue weighted by Gasteiger charge is -2.21. The van der Waals surface area contributed by atoms with E-state index in [0.717, 1.165) is 27.8 Å². The van der Waals surface area contributed by atoms with E-state index in [1.165, 1.54) is 0 Å². The third kappa shape index (κ3) is 5.09. The second kappa shape index (κ2) is 9.92. The molecule has 1 heterocycles. The number of anilines is 1. The number of rotatable bonds is 8. The first-order chi connectivity index (χ1) is 16.0. The zero-order valence-electron chi connectivity index (χ0n) is 18.8. The van der Waals surface area contributed by atoms with Crippen LogP contribution < -0.4 is 9.64 Å². The summed E-state index contributed by atoms with van der Waals surface area (Å²) < 4.78 is 12.2. The molecule has 0 aliphatic heterocycles. The summed E-state index contributed by atoms with van der Waals surface area (Å²) in [6, 6.07) is 19.7. The highest BCUT2D eigenvalue weighted by Crippen LogP contribution is 2.26. The maximum absolute atomic E-state index is 12.6. The molecule has 4 rings (SSSR count). The summed E-state index contributed by atoms with van der Waals surface area (Å²) in [6.45, 7) is 2.94. The Hall–Kier alpha value is -3.58. The van der Waals surface area contributed by atoms with Gasteiger partial charge < -0.3 is 14.4 Å². The highest BCUT2D eigenvalue weighted by molar-refractivity contribution is 6.31. The van der Waals surface area contributed by atoms with Crippen molar-refractivity contribution in [3.8, 4) is 5.75 Å². The molecule has 0 spiro atoms. The number of methoxy groups -OCH3 is 1. The topological polar surface area (TPSA) is 69.5 Å². The highest BCUT2D eigenvalue weighted by Gasteiger charge is 2.22. The number of hydrogen-bond acceptors (Lipinski definition) is 6. The molecule has 0 radical (unpaired) electrons. The van der Waals surface area contributed by atoms with Crippen molar-refractivity contribution in [2.24, 2.45) is 0 Å². The van der Waals surface area contributed by atoms with Gasteiger partial charge in [0, 0.05) is 17.8 Å². The number of hydrogen-bond donors (Lipinski definition) is 0. The van der Waals surface area contributed by atoms with Crippen LogP contribution in [0, 0.1) is 0 Å². The fraction of sp³-hybridized carbons (Fsp3) is 0.240. The molecule has 0 N–H and O–H groups in total. The van der Waals surface area contributed by atoms with Crippen molar-refractivity contribution in [1.82, 2.24) is 15.0 Å². The minimum Gasteiger partial charge on any atom is -0.497 e. The number of aromatic nitrogens is 3. The summed E-state index contributed by atoms with van der Waals surface area (Å²) in [5.74, 6) is 0.303. The molecule has 0 saturated carbocycles. The van der Waals surface area contributed by atoms with Crippen LogP contribution >= 0.6 is 11.6 Å². The summed E-state index contributed by atoms with van der Waals surface area (Å²) in [7, 11) is 3.60. The zero-order valence-corrected chi connectivity index (χ0v) is 19.5. The van der Waals surface area contributed by atoms with E-state index in [9.17, 15) is 4.79 Å². The van der Waals surface area contributed by atoms with Crippen LogP contribution in [0.1, 0.15) is 28.7 Å². The molecule has 33 heavy (non-hydrogen) atoms.